The Labute approximate surface area is 86.9 Å². The highest BCUT2D eigenvalue weighted by atomic mass is 32.1. The van der Waals surface area contributed by atoms with Crippen molar-refractivity contribution in [1.29, 1.82) is 0 Å². The number of rotatable bonds is 3. The fraction of sp³-hybridized carbons (Fsp3) is 0.111. The van der Waals surface area contributed by atoms with E-state index >= 15 is 0 Å². The molecule has 0 aliphatic heterocycles. The molecule has 1 rings (SSSR count). The maximum Gasteiger partial charge on any atom is 0.171 e. The van der Waals surface area contributed by atoms with Crippen molar-refractivity contribution in [3.05, 3.63) is 30.3 Å². The molecule has 1 aromatic carbocycles. The summed E-state index contributed by atoms with van der Waals surface area (Å²) in [4.78, 5) is 10.1. The van der Waals surface area contributed by atoms with Crippen LogP contribution in [0.25, 0.3) is 0 Å². The van der Waals surface area contributed by atoms with Crippen molar-refractivity contribution in [3.63, 3.8) is 0 Å². The third kappa shape index (κ3) is 3.86. The molecule has 0 amide bonds. The van der Waals surface area contributed by atoms with Crippen LogP contribution in [-0.2, 0) is 4.79 Å². The zero-order valence-electron chi connectivity index (χ0n) is 7.32. The van der Waals surface area contributed by atoms with Crippen LogP contribution in [0.3, 0.4) is 0 Å². The van der Waals surface area contributed by atoms with Crippen molar-refractivity contribution in [3.8, 4) is 0 Å². The van der Waals surface area contributed by atoms with Gasteiger partial charge < -0.3 is 20.5 Å². The molecule has 0 unspecified atom stereocenters. The number of hydrogen-bond donors (Lipinski definition) is 2. The van der Waals surface area contributed by atoms with Crippen molar-refractivity contribution in [2.45, 2.75) is 0 Å². The number of anilines is 1. The van der Waals surface area contributed by atoms with Gasteiger partial charge in [0, 0.05) is 5.69 Å². The van der Waals surface area contributed by atoms with E-state index in [1.165, 1.54) is 0 Å². The molecular formula is C9H9N2O2S-. The number of para-hydroxylation sites is 1. The lowest BCUT2D eigenvalue weighted by atomic mass is 10.3. The van der Waals surface area contributed by atoms with E-state index in [0.29, 0.717) is 0 Å². The number of hydrogen-bond acceptors (Lipinski definition) is 3. The second-order valence-corrected chi connectivity index (χ2v) is 2.95. The van der Waals surface area contributed by atoms with Crippen LogP contribution in [0.1, 0.15) is 0 Å². The largest absolute Gasteiger partial charge is 0.548 e. The fourth-order valence-electron chi connectivity index (χ4n) is 0.849. The lowest BCUT2D eigenvalue weighted by Crippen LogP contribution is -2.39. The number of carboxylic acid groups (broad SMARTS) is 1. The molecular weight excluding hydrogens is 200 g/mol. The first-order valence-corrected chi connectivity index (χ1v) is 4.39. The van der Waals surface area contributed by atoms with Gasteiger partial charge in [0.2, 0.25) is 0 Å². The SMILES string of the molecule is O=C([O-])CNC(=S)Nc1ccccc1. The highest BCUT2D eigenvalue weighted by molar-refractivity contribution is 7.80. The van der Waals surface area contributed by atoms with Crippen LogP contribution in [0.5, 0.6) is 0 Å². The van der Waals surface area contributed by atoms with Gasteiger partial charge in [0.1, 0.15) is 0 Å². The number of benzene rings is 1. The Bertz CT molecular complexity index is 327. The van der Waals surface area contributed by atoms with Crippen LogP contribution in [0.2, 0.25) is 0 Å². The van der Waals surface area contributed by atoms with Crippen LogP contribution in [0.15, 0.2) is 30.3 Å². The van der Waals surface area contributed by atoms with Gasteiger partial charge in [-0.1, -0.05) is 18.2 Å². The van der Waals surface area contributed by atoms with Crippen LogP contribution in [0.4, 0.5) is 5.69 Å². The number of thiocarbonyl (C=S) groups is 1. The van der Waals surface area contributed by atoms with Gasteiger partial charge in [0.15, 0.2) is 5.11 Å². The topological polar surface area (TPSA) is 64.2 Å². The van der Waals surface area contributed by atoms with Crippen molar-refractivity contribution in [2.75, 3.05) is 11.9 Å². The molecule has 2 N–H and O–H groups in total. The zero-order valence-corrected chi connectivity index (χ0v) is 8.14. The Morgan fingerprint density at radius 2 is 2.00 bits per heavy atom. The minimum absolute atomic E-state index is 0.264. The molecule has 74 valence electrons. The second-order valence-electron chi connectivity index (χ2n) is 2.55. The van der Waals surface area contributed by atoms with E-state index in [-0.39, 0.29) is 11.7 Å². The summed E-state index contributed by atoms with van der Waals surface area (Å²) in [6, 6.07) is 9.23. The van der Waals surface area contributed by atoms with E-state index in [0.717, 1.165) is 5.69 Å². The summed E-state index contributed by atoms with van der Waals surface area (Å²) in [7, 11) is 0. The van der Waals surface area contributed by atoms with Gasteiger partial charge in [0.25, 0.3) is 0 Å². The number of carboxylic acids is 1. The monoisotopic (exact) mass is 209 g/mol. The van der Waals surface area contributed by atoms with Gasteiger partial charge in [-0.05, 0) is 24.4 Å². The number of aliphatic carboxylic acids is 1. The second kappa shape index (κ2) is 5.18. The first-order chi connectivity index (χ1) is 6.68. The summed E-state index contributed by atoms with van der Waals surface area (Å²) in [6.45, 7) is -0.293. The van der Waals surface area contributed by atoms with E-state index < -0.39 is 5.97 Å². The Hall–Kier alpha value is -1.62. The molecule has 0 spiro atoms. The predicted molar refractivity (Wildman–Crippen MR) is 55.7 cm³/mol. The Kier molecular flexibility index (Phi) is 3.87. The first kappa shape index (κ1) is 10.5. The van der Waals surface area contributed by atoms with Crippen molar-refractivity contribution in [2.24, 2.45) is 0 Å². The molecule has 0 aromatic heterocycles. The van der Waals surface area contributed by atoms with Gasteiger partial charge in [-0.15, -0.1) is 0 Å². The lowest BCUT2D eigenvalue weighted by molar-refractivity contribution is -0.303. The first-order valence-electron chi connectivity index (χ1n) is 3.98. The van der Waals surface area contributed by atoms with Crippen LogP contribution in [-0.4, -0.2) is 17.6 Å². The minimum Gasteiger partial charge on any atom is -0.548 e. The van der Waals surface area contributed by atoms with Gasteiger partial charge in [-0.2, -0.15) is 0 Å². The van der Waals surface area contributed by atoms with Gasteiger partial charge in [0.05, 0.1) is 12.5 Å². The third-order valence-corrected chi connectivity index (χ3v) is 1.67. The highest BCUT2D eigenvalue weighted by Crippen LogP contribution is 2.03. The molecule has 0 atom stereocenters. The summed E-state index contributed by atoms with van der Waals surface area (Å²) in [5.74, 6) is -1.19. The average Bonchev–Trinajstić information content (AvgIpc) is 2.16. The van der Waals surface area contributed by atoms with Gasteiger partial charge >= 0.3 is 0 Å². The van der Waals surface area contributed by atoms with Crippen molar-refractivity contribution in [1.82, 2.24) is 5.32 Å². The molecule has 4 nitrogen and oxygen atoms in total. The fourth-order valence-corrected chi connectivity index (χ4v) is 1.04. The summed E-state index contributed by atoms with van der Waals surface area (Å²) in [5, 5.41) is 15.7. The minimum atomic E-state index is -1.19. The number of nitrogens with one attached hydrogen (secondary N) is 2. The highest BCUT2D eigenvalue weighted by Gasteiger charge is 1.95. The molecule has 0 saturated heterocycles. The third-order valence-electron chi connectivity index (χ3n) is 1.42. The Morgan fingerprint density at radius 1 is 1.36 bits per heavy atom. The number of carbonyl (C=O) groups excluding carboxylic acids is 1. The van der Waals surface area contributed by atoms with E-state index in [2.05, 4.69) is 10.6 Å². The predicted octanol–water partition coefficient (Wildman–Crippen LogP) is -0.277. The number of carbonyl (C=O) groups is 1. The molecule has 0 heterocycles. The standard InChI is InChI=1S/C9H10N2O2S/c12-8(13)6-10-9(14)11-7-4-2-1-3-5-7/h1-5H,6H2,(H,12,13)(H2,10,11,14)/p-1. The molecule has 0 saturated carbocycles. The van der Waals surface area contributed by atoms with E-state index in [9.17, 15) is 9.90 Å². The zero-order chi connectivity index (χ0) is 10.4. The molecule has 0 fully saturated rings. The molecule has 0 bridgehead atoms. The molecule has 0 radical (unpaired) electrons. The van der Waals surface area contributed by atoms with E-state index in [4.69, 9.17) is 12.2 Å². The normalized spacial score (nSPS) is 9.14. The molecule has 0 aliphatic carbocycles. The van der Waals surface area contributed by atoms with Gasteiger partial charge in [-0.3, -0.25) is 0 Å². The van der Waals surface area contributed by atoms with Crippen molar-refractivity contribution >= 4 is 29.0 Å². The molecule has 5 heteroatoms. The summed E-state index contributed by atoms with van der Waals surface area (Å²) < 4.78 is 0. The summed E-state index contributed by atoms with van der Waals surface area (Å²) >= 11 is 4.84. The molecule has 1 aromatic rings. The van der Waals surface area contributed by atoms with E-state index in [1.807, 2.05) is 30.3 Å². The smallest absolute Gasteiger partial charge is 0.171 e. The summed E-state index contributed by atoms with van der Waals surface area (Å²) in [5.41, 5.74) is 0.809. The van der Waals surface area contributed by atoms with Crippen LogP contribution >= 0.6 is 12.2 Å². The van der Waals surface area contributed by atoms with E-state index in [1.54, 1.807) is 0 Å². The van der Waals surface area contributed by atoms with Crippen molar-refractivity contribution < 1.29 is 9.90 Å². The Balaban J connectivity index is 2.38. The summed E-state index contributed by atoms with van der Waals surface area (Å²) in [6.07, 6.45) is 0. The quantitative estimate of drug-likeness (QED) is 0.670. The maximum atomic E-state index is 10.1. The van der Waals surface area contributed by atoms with Crippen LogP contribution in [0, 0.1) is 0 Å². The maximum absolute atomic E-state index is 10.1. The van der Waals surface area contributed by atoms with Gasteiger partial charge in [-0.25, -0.2) is 0 Å². The van der Waals surface area contributed by atoms with Crippen LogP contribution < -0.4 is 15.7 Å². The Morgan fingerprint density at radius 3 is 2.57 bits per heavy atom. The average molecular weight is 209 g/mol. The molecule has 14 heavy (non-hydrogen) atoms. The molecule has 0 aliphatic rings. The lowest BCUT2D eigenvalue weighted by Gasteiger charge is -2.10.